The lowest BCUT2D eigenvalue weighted by Gasteiger charge is -2.45. The molecule has 158 valence electrons. The Balaban J connectivity index is 0.00000261. The Hall–Kier alpha value is -0.0800. The summed E-state index contributed by atoms with van der Waals surface area (Å²) in [6.45, 7) is 7.57. The lowest BCUT2D eigenvalue weighted by Crippen LogP contribution is -2.59. The molecule has 0 bridgehead atoms. The molecule has 2 heterocycles. The second-order valence-corrected chi connectivity index (χ2v) is 8.61. The molecule has 27 heavy (non-hydrogen) atoms. The van der Waals surface area contributed by atoms with E-state index in [4.69, 9.17) is 4.74 Å². The standard InChI is InChI=1S/C21H40N4O.HI/c1-3-6-18-7-9-19(10-8-18)24-20(22-2)23-17-21(11-15-26-16-12-21)25-13-4-5-14-25;/h18-19H,3-17H2,1-2H3,(H2,22,23,24);1H. The second-order valence-electron chi connectivity index (χ2n) is 8.61. The minimum Gasteiger partial charge on any atom is -0.381 e. The highest BCUT2D eigenvalue weighted by molar-refractivity contribution is 14.0. The van der Waals surface area contributed by atoms with Gasteiger partial charge in [0, 0.05) is 38.4 Å². The van der Waals surface area contributed by atoms with Gasteiger partial charge in [-0.05, 0) is 70.4 Å². The van der Waals surface area contributed by atoms with E-state index in [1.165, 1.54) is 64.5 Å². The van der Waals surface area contributed by atoms with Crippen LogP contribution < -0.4 is 10.6 Å². The van der Waals surface area contributed by atoms with Crippen LogP contribution in [0.1, 0.15) is 71.1 Å². The van der Waals surface area contributed by atoms with Crippen molar-refractivity contribution in [2.24, 2.45) is 10.9 Å². The summed E-state index contributed by atoms with van der Waals surface area (Å²) in [5.41, 5.74) is 0.255. The molecule has 1 aliphatic carbocycles. The maximum Gasteiger partial charge on any atom is 0.191 e. The van der Waals surface area contributed by atoms with Crippen molar-refractivity contribution in [1.29, 1.82) is 0 Å². The molecule has 3 rings (SSSR count). The van der Waals surface area contributed by atoms with Crippen LogP contribution in [-0.4, -0.2) is 62.3 Å². The maximum atomic E-state index is 5.67. The lowest BCUT2D eigenvalue weighted by molar-refractivity contribution is -0.0164. The molecule has 0 aromatic rings. The number of rotatable bonds is 6. The van der Waals surface area contributed by atoms with Crippen molar-refractivity contribution in [2.75, 3.05) is 39.9 Å². The Morgan fingerprint density at radius 2 is 1.78 bits per heavy atom. The van der Waals surface area contributed by atoms with Crippen LogP contribution in [0.25, 0.3) is 0 Å². The molecule has 0 amide bonds. The molecule has 3 fully saturated rings. The number of nitrogens with one attached hydrogen (secondary N) is 2. The fourth-order valence-corrected chi connectivity index (χ4v) is 5.19. The Morgan fingerprint density at radius 3 is 2.37 bits per heavy atom. The van der Waals surface area contributed by atoms with Gasteiger partial charge in [0.05, 0.1) is 0 Å². The molecule has 5 nitrogen and oxygen atoms in total. The molecule has 1 saturated carbocycles. The van der Waals surface area contributed by atoms with Gasteiger partial charge in [-0.25, -0.2) is 0 Å². The first-order valence-electron chi connectivity index (χ1n) is 11.1. The van der Waals surface area contributed by atoms with Crippen molar-refractivity contribution in [3.63, 3.8) is 0 Å². The van der Waals surface area contributed by atoms with E-state index in [9.17, 15) is 0 Å². The first kappa shape index (κ1) is 23.2. The molecule has 2 N–H and O–H groups in total. The fourth-order valence-electron chi connectivity index (χ4n) is 5.19. The summed E-state index contributed by atoms with van der Waals surface area (Å²) in [6, 6.07) is 0.590. The van der Waals surface area contributed by atoms with Crippen LogP contribution in [0.4, 0.5) is 0 Å². The average Bonchev–Trinajstić information content (AvgIpc) is 3.23. The van der Waals surface area contributed by atoms with Crippen LogP contribution in [0.3, 0.4) is 0 Å². The fraction of sp³-hybridized carbons (Fsp3) is 0.952. The summed E-state index contributed by atoms with van der Waals surface area (Å²) in [4.78, 5) is 7.24. The Labute approximate surface area is 183 Å². The van der Waals surface area contributed by atoms with Gasteiger partial charge in [-0.2, -0.15) is 0 Å². The zero-order valence-electron chi connectivity index (χ0n) is 17.5. The molecule has 0 aromatic carbocycles. The second kappa shape index (κ2) is 11.8. The van der Waals surface area contributed by atoms with Crippen molar-refractivity contribution in [3.05, 3.63) is 0 Å². The van der Waals surface area contributed by atoms with Crippen molar-refractivity contribution in [2.45, 2.75) is 82.7 Å². The van der Waals surface area contributed by atoms with Crippen molar-refractivity contribution >= 4 is 29.9 Å². The van der Waals surface area contributed by atoms with Crippen LogP contribution in [0, 0.1) is 5.92 Å². The molecule has 0 aromatic heterocycles. The number of halogens is 1. The van der Waals surface area contributed by atoms with Gasteiger partial charge in [0.2, 0.25) is 0 Å². The van der Waals surface area contributed by atoms with Gasteiger partial charge < -0.3 is 15.4 Å². The molecular formula is C21H41IN4O. The summed E-state index contributed by atoms with van der Waals surface area (Å²) in [6.07, 6.45) is 13.0. The Morgan fingerprint density at radius 1 is 1.11 bits per heavy atom. The summed E-state index contributed by atoms with van der Waals surface area (Å²) in [7, 11) is 1.91. The van der Waals surface area contributed by atoms with E-state index >= 15 is 0 Å². The molecule has 0 radical (unpaired) electrons. The number of nitrogens with zero attached hydrogens (tertiary/aromatic N) is 2. The zero-order chi connectivity index (χ0) is 18.2. The lowest BCUT2D eigenvalue weighted by atomic mass is 9.83. The highest BCUT2D eigenvalue weighted by Crippen LogP contribution is 2.31. The Kier molecular flexibility index (Phi) is 10.1. The van der Waals surface area contributed by atoms with E-state index < -0.39 is 0 Å². The van der Waals surface area contributed by atoms with Crippen LogP contribution in [-0.2, 0) is 4.74 Å². The molecule has 2 aliphatic heterocycles. The number of hydrogen-bond acceptors (Lipinski definition) is 3. The van der Waals surface area contributed by atoms with E-state index in [1.807, 2.05) is 7.05 Å². The monoisotopic (exact) mass is 492 g/mol. The van der Waals surface area contributed by atoms with E-state index in [0.717, 1.165) is 44.5 Å². The number of likely N-dealkylation sites (tertiary alicyclic amines) is 1. The minimum atomic E-state index is 0. The summed E-state index contributed by atoms with van der Waals surface area (Å²) < 4.78 is 5.67. The quantitative estimate of drug-likeness (QED) is 0.337. The third-order valence-electron chi connectivity index (χ3n) is 6.89. The van der Waals surface area contributed by atoms with Gasteiger partial charge >= 0.3 is 0 Å². The van der Waals surface area contributed by atoms with Gasteiger partial charge in [-0.3, -0.25) is 9.89 Å². The predicted octanol–water partition coefficient (Wildman–Crippen LogP) is 3.77. The molecule has 0 unspecified atom stereocenters. The zero-order valence-corrected chi connectivity index (χ0v) is 19.8. The molecule has 2 saturated heterocycles. The van der Waals surface area contributed by atoms with Gasteiger partial charge in [0.15, 0.2) is 5.96 Å². The number of guanidine groups is 1. The highest BCUT2D eigenvalue weighted by Gasteiger charge is 2.39. The normalized spacial score (nSPS) is 29.2. The van der Waals surface area contributed by atoms with Crippen LogP contribution in [0.15, 0.2) is 4.99 Å². The van der Waals surface area contributed by atoms with Gasteiger partial charge in [0.25, 0.3) is 0 Å². The van der Waals surface area contributed by atoms with Gasteiger partial charge in [-0.1, -0.05) is 19.8 Å². The molecule has 0 atom stereocenters. The number of hydrogen-bond donors (Lipinski definition) is 2. The SMILES string of the molecule is CCCC1CCC(NC(=NC)NCC2(N3CCCC3)CCOCC2)CC1.I. The average molecular weight is 492 g/mol. The molecular weight excluding hydrogens is 451 g/mol. The van der Waals surface area contributed by atoms with E-state index in [0.29, 0.717) is 6.04 Å². The van der Waals surface area contributed by atoms with E-state index in [1.54, 1.807) is 0 Å². The van der Waals surface area contributed by atoms with Crippen LogP contribution in [0.5, 0.6) is 0 Å². The van der Waals surface area contributed by atoms with E-state index in [-0.39, 0.29) is 29.5 Å². The van der Waals surface area contributed by atoms with Gasteiger partial charge in [-0.15, -0.1) is 24.0 Å². The maximum absolute atomic E-state index is 5.67. The Bertz CT molecular complexity index is 439. The van der Waals surface area contributed by atoms with Crippen molar-refractivity contribution < 1.29 is 4.74 Å². The number of aliphatic imine (C=N–C) groups is 1. The van der Waals surface area contributed by atoms with Crippen molar-refractivity contribution in [3.8, 4) is 0 Å². The summed E-state index contributed by atoms with van der Waals surface area (Å²) >= 11 is 0. The highest BCUT2D eigenvalue weighted by atomic mass is 127. The molecule has 6 heteroatoms. The topological polar surface area (TPSA) is 48.9 Å². The minimum absolute atomic E-state index is 0. The smallest absolute Gasteiger partial charge is 0.191 e. The number of ether oxygens (including phenoxy) is 1. The summed E-state index contributed by atoms with van der Waals surface area (Å²) in [5.74, 6) is 1.95. The third kappa shape index (κ3) is 6.46. The predicted molar refractivity (Wildman–Crippen MR) is 124 cm³/mol. The third-order valence-corrected chi connectivity index (χ3v) is 6.89. The molecule has 0 spiro atoms. The van der Waals surface area contributed by atoms with E-state index in [2.05, 4.69) is 27.4 Å². The first-order chi connectivity index (χ1) is 12.8. The molecule has 3 aliphatic rings. The van der Waals surface area contributed by atoms with Crippen LogP contribution in [0.2, 0.25) is 0 Å². The summed E-state index contributed by atoms with van der Waals surface area (Å²) in [5, 5.41) is 7.39. The van der Waals surface area contributed by atoms with Gasteiger partial charge in [0.1, 0.15) is 0 Å². The van der Waals surface area contributed by atoms with Crippen molar-refractivity contribution in [1.82, 2.24) is 15.5 Å². The van der Waals surface area contributed by atoms with Crippen LogP contribution >= 0.6 is 24.0 Å². The largest absolute Gasteiger partial charge is 0.381 e. The first-order valence-corrected chi connectivity index (χ1v) is 11.1.